The standard InChI is InChI=1S/C13H15NO3S3/c15-11(16)2-1-9-3-4-20-12(9)13(17)14-7-10-8-18-5-6-19-10/h1-4,10H,5-8H2,(H,14,17)(H,15,16)/b2-1+. The molecule has 2 heterocycles. The van der Waals surface area contributed by atoms with Gasteiger partial charge >= 0.3 is 5.97 Å². The maximum absolute atomic E-state index is 12.1. The molecule has 1 aromatic rings. The van der Waals surface area contributed by atoms with Gasteiger partial charge in [0.05, 0.1) is 4.88 Å². The highest BCUT2D eigenvalue weighted by atomic mass is 32.2. The summed E-state index contributed by atoms with van der Waals surface area (Å²) in [6, 6.07) is 1.75. The van der Waals surface area contributed by atoms with Gasteiger partial charge in [0, 0.05) is 35.1 Å². The molecule has 0 radical (unpaired) electrons. The number of rotatable bonds is 5. The molecule has 7 heteroatoms. The Hall–Kier alpha value is -0.920. The van der Waals surface area contributed by atoms with Crippen LogP contribution in [0.5, 0.6) is 0 Å². The van der Waals surface area contributed by atoms with Crippen molar-refractivity contribution in [2.24, 2.45) is 0 Å². The lowest BCUT2D eigenvalue weighted by Crippen LogP contribution is -2.33. The number of thioether (sulfide) groups is 2. The Bertz CT molecular complexity index is 507. The number of thiophene rings is 1. The molecule has 1 fully saturated rings. The van der Waals surface area contributed by atoms with Crippen molar-refractivity contribution < 1.29 is 14.7 Å². The first kappa shape index (κ1) is 15.5. The van der Waals surface area contributed by atoms with Gasteiger partial charge in [-0.2, -0.15) is 23.5 Å². The predicted octanol–water partition coefficient (Wildman–Crippen LogP) is 2.42. The van der Waals surface area contributed by atoms with E-state index >= 15 is 0 Å². The first-order valence-corrected chi connectivity index (χ1v) is 9.21. The first-order chi connectivity index (χ1) is 9.66. The molecule has 0 bridgehead atoms. The van der Waals surface area contributed by atoms with Gasteiger partial charge in [-0.15, -0.1) is 11.3 Å². The summed E-state index contributed by atoms with van der Waals surface area (Å²) in [6.07, 6.45) is 2.51. The van der Waals surface area contributed by atoms with Crippen molar-refractivity contribution in [2.75, 3.05) is 23.8 Å². The van der Waals surface area contributed by atoms with Gasteiger partial charge in [0.1, 0.15) is 0 Å². The molecule has 1 amide bonds. The molecule has 0 spiro atoms. The summed E-state index contributed by atoms with van der Waals surface area (Å²) in [6.45, 7) is 0.663. The summed E-state index contributed by atoms with van der Waals surface area (Å²) in [5.41, 5.74) is 0.653. The van der Waals surface area contributed by atoms with Crippen LogP contribution < -0.4 is 5.32 Å². The van der Waals surface area contributed by atoms with E-state index in [1.54, 1.807) is 11.4 Å². The summed E-state index contributed by atoms with van der Waals surface area (Å²) < 4.78 is 0. The van der Waals surface area contributed by atoms with Gasteiger partial charge in [0.2, 0.25) is 0 Å². The van der Waals surface area contributed by atoms with Gasteiger partial charge in [-0.3, -0.25) is 4.79 Å². The van der Waals surface area contributed by atoms with Crippen LogP contribution in [-0.2, 0) is 4.79 Å². The third kappa shape index (κ3) is 4.57. The van der Waals surface area contributed by atoms with Crippen LogP contribution in [0.3, 0.4) is 0 Å². The van der Waals surface area contributed by atoms with Crippen molar-refractivity contribution in [2.45, 2.75) is 5.25 Å². The number of hydrogen-bond donors (Lipinski definition) is 2. The van der Waals surface area contributed by atoms with Crippen LogP contribution in [0.1, 0.15) is 15.2 Å². The lowest BCUT2D eigenvalue weighted by molar-refractivity contribution is -0.131. The smallest absolute Gasteiger partial charge is 0.328 e. The Morgan fingerprint density at radius 1 is 1.45 bits per heavy atom. The minimum absolute atomic E-state index is 0.124. The van der Waals surface area contributed by atoms with Crippen molar-refractivity contribution >= 4 is 52.8 Å². The van der Waals surface area contributed by atoms with Gasteiger partial charge in [-0.1, -0.05) is 0 Å². The van der Waals surface area contributed by atoms with Gasteiger partial charge in [0.25, 0.3) is 5.91 Å². The zero-order valence-electron chi connectivity index (χ0n) is 10.7. The van der Waals surface area contributed by atoms with Crippen molar-refractivity contribution in [1.29, 1.82) is 0 Å². The SMILES string of the molecule is O=C(O)/C=C/c1ccsc1C(=O)NCC1CSCCS1. The Labute approximate surface area is 130 Å². The topological polar surface area (TPSA) is 66.4 Å². The van der Waals surface area contributed by atoms with E-state index in [0.29, 0.717) is 22.2 Å². The van der Waals surface area contributed by atoms with Crippen LogP contribution >= 0.6 is 34.9 Å². The first-order valence-electron chi connectivity index (χ1n) is 6.13. The van der Waals surface area contributed by atoms with E-state index in [1.165, 1.54) is 23.2 Å². The fraction of sp³-hybridized carbons (Fsp3) is 0.385. The Kier molecular flexibility index (Phi) is 6.00. The maximum atomic E-state index is 12.1. The highest BCUT2D eigenvalue weighted by molar-refractivity contribution is 8.06. The van der Waals surface area contributed by atoms with Gasteiger partial charge < -0.3 is 10.4 Å². The van der Waals surface area contributed by atoms with Gasteiger partial charge in [-0.05, 0) is 23.1 Å². The zero-order chi connectivity index (χ0) is 14.4. The molecule has 1 aliphatic rings. The van der Waals surface area contributed by atoms with E-state index < -0.39 is 5.97 Å². The summed E-state index contributed by atoms with van der Waals surface area (Å²) in [4.78, 5) is 23.2. The lowest BCUT2D eigenvalue weighted by Gasteiger charge is -2.21. The van der Waals surface area contributed by atoms with Crippen molar-refractivity contribution in [3.63, 3.8) is 0 Å². The molecule has 0 aromatic carbocycles. The molecular formula is C13H15NO3S3. The summed E-state index contributed by atoms with van der Waals surface area (Å²) in [5.74, 6) is 2.25. The van der Waals surface area contributed by atoms with Crippen LogP contribution in [0, 0.1) is 0 Å². The molecule has 2 rings (SSSR count). The number of carboxylic acid groups (broad SMARTS) is 1. The minimum Gasteiger partial charge on any atom is -0.478 e. The highest BCUT2D eigenvalue weighted by Crippen LogP contribution is 2.24. The van der Waals surface area contributed by atoms with E-state index in [2.05, 4.69) is 5.32 Å². The molecule has 4 nitrogen and oxygen atoms in total. The van der Waals surface area contributed by atoms with Gasteiger partial charge in [-0.25, -0.2) is 4.79 Å². The Morgan fingerprint density at radius 3 is 3.00 bits per heavy atom. The molecule has 20 heavy (non-hydrogen) atoms. The molecule has 108 valence electrons. The van der Waals surface area contributed by atoms with E-state index in [9.17, 15) is 9.59 Å². The van der Waals surface area contributed by atoms with Crippen LogP contribution in [0.15, 0.2) is 17.5 Å². The quantitative estimate of drug-likeness (QED) is 0.812. The van der Waals surface area contributed by atoms with Crippen LogP contribution in [0.4, 0.5) is 0 Å². The number of nitrogens with one attached hydrogen (secondary N) is 1. The fourth-order valence-corrected chi connectivity index (χ4v) is 5.15. The minimum atomic E-state index is -1.02. The number of carboxylic acids is 1. The molecule has 1 aromatic heterocycles. The number of aliphatic carboxylic acids is 1. The molecule has 1 atom stereocenters. The van der Waals surface area contributed by atoms with E-state index in [0.717, 1.165) is 17.6 Å². The third-order valence-corrected chi connectivity index (χ3v) is 6.46. The van der Waals surface area contributed by atoms with Crippen molar-refractivity contribution in [3.05, 3.63) is 28.0 Å². The summed E-state index contributed by atoms with van der Waals surface area (Å²) >= 11 is 5.15. The second kappa shape index (κ2) is 7.75. The Morgan fingerprint density at radius 2 is 2.30 bits per heavy atom. The number of amides is 1. The van der Waals surface area contributed by atoms with Crippen molar-refractivity contribution in [3.8, 4) is 0 Å². The van der Waals surface area contributed by atoms with E-state index in [-0.39, 0.29) is 5.91 Å². The average Bonchev–Trinajstić information content (AvgIpc) is 2.92. The highest BCUT2D eigenvalue weighted by Gasteiger charge is 2.17. The van der Waals surface area contributed by atoms with Crippen molar-refractivity contribution in [1.82, 2.24) is 5.32 Å². The van der Waals surface area contributed by atoms with Crippen LogP contribution in [-0.4, -0.2) is 46.0 Å². The average molecular weight is 329 g/mol. The second-order valence-corrected chi connectivity index (χ2v) is 7.63. The summed E-state index contributed by atoms with van der Waals surface area (Å²) in [5, 5.41) is 13.8. The predicted molar refractivity (Wildman–Crippen MR) is 86.9 cm³/mol. The lowest BCUT2D eigenvalue weighted by atomic mass is 10.2. The molecule has 1 aliphatic heterocycles. The summed E-state index contributed by atoms with van der Waals surface area (Å²) in [7, 11) is 0. The number of hydrogen-bond acceptors (Lipinski definition) is 5. The maximum Gasteiger partial charge on any atom is 0.328 e. The third-order valence-electron chi connectivity index (χ3n) is 2.68. The molecule has 2 N–H and O–H groups in total. The molecule has 1 saturated heterocycles. The zero-order valence-corrected chi connectivity index (χ0v) is 13.2. The van der Waals surface area contributed by atoms with Crippen LogP contribution in [0.25, 0.3) is 6.08 Å². The number of carbonyl (C=O) groups is 2. The van der Waals surface area contributed by atoms with Crippen LogP contribution in [0.2, 0.25) is 0 Å². The molecule has 0 aliphatic carbocycles. The number of carbonyl (C=O) groups excluding carboxylic acids is 1. The Balaban J connectivity index is 1.92. The monoisotopic (exact) mass is 329 g/mol. The van der Waals surface area contributed by atoms with E-state index in [1.807, 2.05) is 23.5 Å². The van der Waals surface area contributed by atoms with Gasteiger partial charge in [0.15, 0.2) is 0 Å². The fourth-order valence-electron chi connectivity index (χ4n) is 1.74. The molecular weight excluding hydrogens is 314 g/mol. The normalized spacial score (nSPS) is 19.1. The largest absolute Gasteiger partial charge is 0.478 e. The van der Waals surface area contributed by atoms with E-state index in [4.69, 9.17) is 5.11 Å². The second-order valence-electron chi connectivity index (χ2n) is 4.15. The molecule has 1 unspecified atom stereocenters. The molecule has 0 saturated carbocycles.